The summed E-state index contributed by atoms with van der Waals surface area (Å²) >= 11 is 6.29. The highest BCUT2D eigenvalue weighted by atomic mass is 35.5. The van der Waals surface area contributed by atoms with Crippen LogP contribution in [-0.4, -0.2) is 26.6 Å². The van der Waals surface area contributed by atoms with Gasteiger partial charge in [-0.05, 0) is 37.4 Å². The van der Waals surface area contributed by atoms with Gasteiger partial charge in [-0.3, -0.25) is 18.8 Å². The third-order valence-electron chi connectivity index (χ3n) is 4.90. The molecule has 128 valence electrons. The van der Waals surface area contributed by atoms with Crippen LogP contribution < -0.4 is 11.2 Å². The lowest BCUT2D eigenvalue weighted by Crippen LogP contribution is -2.40. The van der Waals surface area contributed by atoms with Crippen LogP contribution in [-0.2, 0) is 27.1 Å². The fraction of sp³-hybridized carbons (Fsp3) is 0.444. The summed E-state index contributed by atoms with van der Waals surface area (Å²) in [5.74, 6) is 0. The van der Waals surface area contributed by atoms with E-state index < -0.39 is 0 Å². The van der Waals surface area contributed by atoms with Gasteiger partial charge in [0.25, 0.3) is 5.56 Å². The Morgan fingerprint density at radius 3 is 2.67 bits per heavy atom. The lowest BCUT2D eigenvalue weighted by atomic mass is 10.0. The Hall–Kier alpha value is -1.85. The summed E-state index contributed by atoms with van der Waals surface area (Å²) in [6, 6.07) is 9.86. The number of aromatic nitrogens is 2. The molecule has 0 bridgehead atoms. The van der Waals surface area contributed by atoms with Crippen LogP contribution in [0.15, 0.2) is 39.9 Å². The molecule has 0 saturated carbocycles. The molecular formula is C18H22ClN3O2. The zero-order valence-electron chi connectivity index (χ0n) is 14.0. The smallest absolute Gasteiger partial charge is 0.299 e. The molecule has 0 radical (unpaired) electrons. The fourth-order valence-corrected chi connectivity index (χ4v) is 3.60. The first kappa shape index (κ1) is 17.0. The van der Waals surface area contributed by atoms with Gasteiger partial charge in [0.1, 0.15) is 0 Å². The quantitative estimate of drug-likeness (QED) is 0.849. The molecule has 0 N–H and O–H groups in total. The van der Waals surface area contributed by atoms with E-state index in [1.807, 2.05) is 18.2 Å². The van der Waals surface area contributed by atoms with Gasteiger partial charge in [-0.1, -0.05) is 29.8 Å². The number of hydrogen-bond donors (Lipinski definition) is 0. The minimum atomic E-state index is -0.278. The van der Waals surface area contributed by atoms with E-state index in [2.05, 4.69) is 11.0 Å². The van der Waals surface area contributed by atoms with E-state index in [1.54, 1.807) is 17.7 Å². The van der Waals surface area contributed by atoms with Crippen molar-refractivity contribution >= 4 is 11.6 Å². The van der Waals surface area contributed by atoms with Crippen LogP contribution >= 0.6 is 11.6 Å². The summed E-state index contributed by atoms with van der Waals surface area (Å²) in [5, 5.41) is 0.797. The van der Waals surface area contributed by atoms with E-state index >= 15 is 0 Å². The second kappa shape index (κ2) is 6.95. The van der Waals surface area contributed by atoms with Crippen molar-refractivity contribution in [3.05, 3.63) is 67.4 Å². The number of benzene rings is 1. The largest absolute Gasteiger partial charge is 0.330 e. The van der Waals surface area contributed by atoms with Gasteiger partial charge in [0.2, 0.25) is 0 Å². The average molecular weight is 348 g/mol. The summed E-state index contributed by atoms with van der Waals surface area (Å²) < 4.78 is 2.70. The first-order chi connectivity index (χ1) is 11.5. The van der Waals surface area contributed by atoms with Crippen LogP contribution in [0.25, 0.3) is 0 Å². The number of nitrogens with zero attached hydrogens (tertiary/aromatic N) is 3. The van der Waals surface area contributed by atoms with Gasteiger partial charge >= 0.3 is 5.69 Å². The van der Waals surface area contributed by atoms with Crippen LogP contribution in [0.2, 0.25) is 5.02 Å². The molecule has 1 fully saturated rings. The first-order valence-corrected chi connectivity index (χ1v) is 8.58. The molecule has 5 nitrogen and oxygen atoms in total. The van der Waals surface area contributed by atoms with Crippen molar-refractivity contribution in [2.75, 3.05) is 6.54 Å². The van der Waals surface area contributed by atoms with Crippen molar-refractivity contribution in [3.63, 3.8) is 0 Å². The van der Waals surface area contributed by atoms with E-state index in [9.17, 15) is 9.59 Å². The SMILES string of the molecule is Cn1c(CN2CCC[C@@H]2Cc2ccccc2Cl)cc(=O)n(C)c1=O. The number of hydrogen-bond acceptors (Lipinski definition) is 3. The molecule has 1 aliphatic heterocycles. The molecule has 0 spiro atoms. The zero-order chi connectivity index (χ0) is 17.3. The summed E-state index contributed by atoms with van der Waals surface area (Å²) in [6.07, 6.45) is 3.11. The number of halogens is 1. The van der Waals surface area contributed by atoms with Gasteiger partial charge < -0.3 is 0 Å². The normalized spacial score (nSPS) is 18.2. The molecule has 6 heteroatoms. The molecular weight excluding hydrogens is 326 g/mol. The van der Waals surface area contributed by atoms with Crippen LogP contribution in [0.5, 0.6) is 0 Å². The molecule has 1 aliphatic rings. The topological polar surface area (TPSA) is 47.2 Å². The standard InChI is InChI=1S/C18H22ClN3O2/c1-20-15(11-17(23)21(2)18(20)24)12-22-9-5-7-14(22)10-13-6-3-4-8-16(13)19/h3-4,6,8,11,14H,5,7,9-10,12H2,1-2H3/t14-/m1/s1. The van der Waals surface area contributed by atoms with Crippen LogP contribution in [0, 0.1) is 0 Å². The van der Waals surface area contributed by atoms with Gasteiger partial charge in [0, 0.05) is 43.5 Å². The summed E-state index contributed by atoms with van der Waals surface area (Å²) in [5.41, 5.74) is 1.37. The Morgan fingerprint density at radius 2 is 1.92 bits per heavy atom. The molecule has 3 rings (SSSR count). The molecule has 1 saturated heterocycles. The maximum atomic E-state index is 12.1. The number of rotatable bonds is 4. The van der Waals surface area contributed by atoms with Gasteiger partial charge in [0.15, 0.2) is 0 Å². The maximum absolute atomic E-state index is 12.1. The Balaban J connectivity index is 1.81. The molecule has 0 unspecified atom stereocenters. The molecule has 2 heterocycles. The lowest BCUT2D eigenvalue weighted by molar-refractivity contribution is 0.237. The predicted molar refractivity (Wildman–Crippen MR) is 95.5 cm³/mol. The van der Waals surface area contributed by atoms with Crippen molar-refractivity contribution in [1.82, 2.24) is 14.0 Å². The highest BCUT2D eigenvalue weighted by Crippen LogP contribution is 2.25. The lowest BCUT2D eigenvalue weighted by Gasteiger charge is -2.25. The van der Waals surface area contributed by atoms with Crippen molar-refractivity contribution in [1.29, 1.82) is 0 Å². The predicted octanol–water partition coefficient (Wildman–Crippen LogP) is 1.94. The molecule has 24 heavy (non-hydrogen) atoms. The highest BCUT2D eigenvalue weighted by molar-refractivity contribution is 6.31. The Kier molecular flexibility index (Phi) is 4.92. The van der Waals surface area contributed by atoms with E-state index in [0.29, 0.717) is 12.6 Å². The fourth-order valence-electron chi connectivity index (χ4n) is 3.39. The highest BCUT2D eigenvalue weighted by Gasteiger charge is 2.26. The molecule has 1 aromatic carbocycles. The van der Waals surface area contributed by atoms with Gasteiger partial charge in [-0.2, -0.15) is 0 Å². The first-order valence-electron chi connectivity index (χ1n) is 8.21. The second-order valence-electron chi connectivity index (χ2n) is 6.44. The Labute approximate surface area is 146 Å². The van der Waals surface area contributed by atoms with E-state index in [-0.39, 0.29) is 11.2 Å². The van der Waals surface area contributed by atoms with E-state index in [4.69, 9.17) is 11.6 Å². The second-order valence-corrected chi connectivity index (χ2v) is 6.84. The maximum Gasteiger partial charge on any atom is 0.330 e. The van der Waals surface area contributed by atoms with Crippen molar-refractivity contribution in [2.24, 2.45) is 14.1 Å². The minimum absolute atomic E-state index is 0.255. The summed E-state index contributed by atoms with van der Waals surface area (Å²) in [4.78, 5) is 26.4. The Morgan fingerprint density at radius 1 is 1.17 bits per heavy atom. The van der Waals surface area contributed by atoms with Gasteiger partial charge in [0.05, 0.1) is 0 Å². The van der Waals surface area contributed by atoms with Crippen molar-refractivity contribution in [3.8, 4) is 0 Å². The molecule has 2 aromatic rings. The molecule has 1 aromatic heterocycles. The van der Waals surface area contributed by atoms with Crippen molar-refractivity contribution in [2.45, 2.75) is 31.8 Å². The zero-order valence-corrected chi connectivity index (χ0v) is 14.8. The van der Waals surface area contributed by atoms with Crippen LogP contribution in [0.1, 0.15) is 24.1 Å². The molecule has 0 aliphatic carbocycles. The summed E-state index contributed by atoms with van der Waals surface area (Å²) in [7, 11) is 3.22. The van der Waals surface area contributed by atoms with Crippen LogP contribution in [0.4, 0.5) is 0 Å². The third-order valence-corrected chi connectivity index (χ3v) is 5.27. The van der Waals surface area contributed by atoms with Gasteiger partial charge in [-0.25, -0.2) is 4.79 Å². The van der Waals surface area contributed by atoms with Gasteiger partial charge in [-0.15, -0.1) is 0 Å². The number of likely N-dealkylation sites (tertiary alicyclic amines) is 1. The summed E-state index contributed by atoms with van der Waals surface area (Å²) in [6.45, 7) is 1.58. The van der Waals surface area contributed by atoms with Crippen molar-refractivity contribution < 1.29 is 0 Å². The Bertz CT molecular complexity index is 856. The average Bonchev–Trinajstić information content (AvgIpc) is 3.00. The monoisotopic (exact) mass is 347 g/mol. The molecule has 1 atom stereocenters. The minimum Gasteiger partial charge on any atom is -0.299 e. The van der Waals surface area contributed by atoms with E-state index in [0.717, 1.165) is 46.7 Å². The molecule has 0 amide bonds. The van der Waals surface area contributed by atoms with E-state index in [1.165, 1.54) is 7.05 Å². The third kappa shape index (κ3) is 3.32. The van der Waals surface area contributed by atoms with Crippen LogP contribution in [0.3, 0.4) is 0 Å².